The fraction of sp³-hybridized carbons (Fsp3) is 0.200. The first-order valence-electron chi connectivity index (χ1n) is 10.8. The molecule has 3 heterocycles. The van der Waals surface area contributed by atoms with Gasteiger partial charge in [0.1, 0.15) is 11.3 Å². The number of piperazine rings is 1. The van der Waals surface area contributed by atoms with E-state index in [-0.39, 0.29) is 17.3 Å². The maximum absolute atomic E-state index is 13.5. The van der Waals surface area contributed by atoms with E-state index >= 15 is 0 Å². The first-order chi connectivity index (χ1) is 16.1. The van der Waals surface area contributed by atoms with Crippen LogP contribution in [0, 0.1) is 5.82 Å². The average Bonchev–Trinajstić information content (AvgIpc) is 2.86. The summed E-state index contributed by atoms with van der Waals surface area (Å²) in [6.07, 6.45) is 1.66. The van der Waals surface area contributed by atoms with Crippen LogP contribution in [0.2, 0.25) is 0 Å². The van der Waals surface area contributed by atoms with Crippen LogP contribution in [0.3, 0.4) is 0 Å². The van der Waals surface area contributed by atoms with Gasteiger partial charge in [-0.3, -0.25) is 14.2 Å². The molecule has 1 fully saturated rings. The van der Waals surface area contributed by atoms with Crippen LogP contribution in [0.5, 0.6) is 0 Å². The number of halogens is 1. The van der Waals surface area contributed by atoms with Crippen LogP contribution in [-0.4, -0.2) is 51.5 Å². The molecule has 0 bridgehead atoms. The van der Waals surface area contributed by atoms with Crippen molar-refractivity contribution < 1.29 is 9.18 Å². The fourth-order valence-electron chi connectivity index (χ4n) is 4.08. The van der Waals surface area contributed by atoms with Gasteiger partial charge in [-0.25, -0.2) is 14.4 Å². The highest BCUT2D eigenvalue weighted by molar-refractivity contribution is 5.94. The molecule has 8 heteroatoms. The maximum atomic E-state index is 13.5. The predicted octanol–water partition coefficient (Wildman–Crippen LogP) is 2.94. The number of hydrogen-bond donors (Lipinski definition) is 0. The van der Waals surface area contributed by atoms with Crippen LogP contribution < -0.4 is 10.5 Å². The van der Waals surface area contributed by atoms with Crippen LogP contribution >= 0.6 is 0 Å². The van der Waals surface area contributed by atoms with Gasteiger partial charge in [-0.05, 0) is 42.0 Å². The minimum absolute atomic E-state index is 0.146. The van der Waals surface area contributed by atoms with Crippen LogP contribution in [0.25, 0.3) is 11.2 Å². The Morgan fingerprint density at radius 3 is 2.36 bits per heavy atom. The zero-order chi connectivity index (χ0) is 22.8. The van der Waals surface area contributed by atoms with Gasteiger partial charge >= 0.3 is 0 Å². The molecule has 0 spiro atoms. The summed E-state index contributed by atoms with van der Waals surface area (Å²) in [5, 5.41) is 0. The van der Waals surface area contributed by atoms with E-state index in [1.165, 1.54) is 24.3 Å². The average molecular weight is 443 g/mol. The Balaban J connectivity index is 1.41. The SMILES string of the molecule is O=C(c1ccc(F)cc1)N1CCN(c2nc3cccnc3n(Cc3ccccc3)c2=O)CC1. The van der Waals surface area contributed by atoms with Crippen molar-refractivity contribution in [1.29, 1.82) is 0 Å². The Bertz CT molecular complexity index is 1350. The number of aromatic nitrogens is 3. The van der Waals surface area contributed by atoms with Gasteiger partial charge in [0, 0.05) is 37.9 Å². The van der Waals surface area contributed by atoms with Gasteiger partial charge in [-0.15, -0.1) is 0 Å². The summed E-state index contributed by atoms with van der Waals surface area (Å²) in [7, 11) is 0. The third-order valence-corrected chi connectivity index (χ3v) is 5.83. The van der Waals surface area contributed by atoms with Gasteiger partial charge < -0.3 is 9.80 Å². The molecule has 33 heavy (non-hydrogen) atoms. The van der Waals surface area contributed by atoms with Crippen LogP contribution in [0.4, 0.5) is 10.2 Å². The third-order valence-electron chi connectivity index (χ3n) is 5.83. The number of nitrogens with zero attached hydrogens (tertiary/aromatic N) is 5. The molecule has 1 aliphatic heterocycles. The molecule has 0 unspecified atom stereocenters. The molecule has 0 aliphatic carbocycles. The summed E-state index contributed by atoms with van der Waals surface area (Å²) in [4.78, 5) is 38.9. The summed E-state index contributed by atoms with van der Waals surface area (Å²) in [6.45, 7) is 2.24. The first kappa shape index (κ1) is 20.8. The molecule has 0 radical (unpaired) electrons. The van der Waals surface area contributed by atoms with Crippen molar-refractivity contribution in [2.75, 3.05) is 31.1 Å². The van der Waals surface area contributed by atoms with E-state index in [0.29, 0.717) is 55.3 Å². The lowest BCUT2D eigenvalue weighted by atomic mass is 10.2. The standard InChI is InChI=1S/C25H22FN5O2/c26-20-10-8-19(9-11-20)24(32)30-15-13-29(14-16-30)23-25(33)31(17-18-5-2-1-3-6-18)22-21(28-23)7-4-12-27-22/h1-12H,13-17H2. The smallest absolute Gasteiger partial charge is 0.295 e. The van der Waals surface area contributed by atoms with Crippen molar-refractivity contribution in [3.05, 3.63) is 100 Å². The molecular formula is C25H22FN5O2. The third kappa shape index (κ3) is 4.19. The van der Waals surface area contributed by atoms with Crippen molar-refractivity contribution in [3.8, 4) is 0 Å². The number of amides is 1. The zero-order valence-corrected chi connectivity index (χ0v) is 17.9. The minimum Gasteiger partial charge on any atom is -0.348 e. The molecule has 7 nitrogen and oxygen atoms in total. The normalized spacial score (nSPS) is 14.0. The lowest BCUT2D eigenvalue weighted by molar-refractivity contribution is 0.0746. The van der Waals surface area contributed by atoms with Gasteiger partial charge in [0.2, 0.25) is 0 Å². The lowest BCUT2D eigenvalue weighted by Crippen LogP contribution is -2.50. The molecule has 166 valence electrons. The van der Waals surface area contributed by atoms with Crippen LogP contribution in [-0.2, 0) is 6.54 Å². The van der Waals surface area contributed by atoms with E-state index in [2.05, 4.69) is 9.97 Å². The van der Waals surface area contributed by atoms with Crippen LogP contribution in [0.1, 0.15) is 15.9 Å². The highest BCUT2D eigenvalue weighted by Crippen LogP contribution is 2.17. The van der Waals surface area contributed by atoms with E-state index in [9.17, 15) is 14.0 Å². The van der Waals surface area contributed by atoms with E-state index in [4.69, 9.17) is 0 Å². The number of hydrogen-bond acceptors (Lipinski definition) is 5. The molecule has 0 saturated carbocycles. The molecule has 1 amide bonds. The molecule has 2 aromatic heterocycles. The number of rotatable bonds is 4. The number of benzene rings is 2. The number of anilines is 1. The van der Waals surface area contributed by atoms with E-state index in [0.717, 1.165) is 5.56 Å². The lowest BCUT2D eigenvalue weighted by Gasteiger charge is -2.35. The molecule has 0 atom stereocenters. The van der Waals surface area contributed by atoms with Crippen molar-refractivity contribution >= 4 is 22.9 Å². The summed E-state index contributed by atoms with van der Waals surface area (Å²) < 4.78 is 14.8. The molecule has 5 rings (SSSR count). The van der Waals surface area contributed by atoms with Crippen molar-refractivity contribution in [3.63, 3.8) is 0 Å². The molecule has 4 aromatic rings. The molecular weight excluding hydrogens is 421 g/mol. The second kappa shape index (κ2) is 8.82. The van der Waals surface area contributed by atoms with Crippen molar-refractivity contribution in [1.82, 2.24) is 19.4 Å². The quantitative estimate of drug-likeness (QED) is 0.485. The van der Waals surface area contributed by atoms with Crippen molar-refractivity contribution in [2.45, 2.75) is 6.54 Å². The fourth-order valence-corrected chi connectivity index (χ4v) is 4.08. The maximum Gasteiger partial charge on any atom is 0.295 e. The Morgan fingerprint density at radius 2 is 1.64 bits per heavy atom. The van der Waals surface area contributed by atoms with Gasteiger partial charge in [0.15, 0.2) is 11.5 Å². The van der Waals surface area contributed by atoms with Gasteiger partial charge in [0.05, 0.1) is 6.54 Å². The number of carbonyl (C=O) groups is 1. The Kier molecular flexibility index (Phi) is 5.56. The van der Waals surface area contributed by atoms with Crippen molar-refractivity contribution in [2.24, 2.45) is 0 Å². The predicted molar refractivity (Wildman–Crippen MR) is 124 cm³/mol. The number of fused-ring (bicyclic) bond motifs is 1. The van der Waals surface area contributed by atoms with Gasteiger partial charge in [-0.2, -0.15) is 0 Å². The Labute approximate surface area is 189 Å². The summed E-state index contributed by atoms with van der Waals surface area (Å²) in [5.41, 5.74) is 2.43. The molecule has 1 saturated heterocycles. The monoisotopic (exact) mass is 443 g/mol. The van der Waals surface area contributed by atoms with E-state index in [1.54, 1.807) is 21.7 Å². The van der Waals surface area contributed by atoms with E-state index < -0.39 is 0 Å². The highest BCUT2D eigenvalue weighted by Gasteiger charge is 2.25. The Morgan fingerprint density at radius 1 is 0.909 bits per heavy atom. The Hall–Kier alpha value is -4.07. The van der Waals surface area contributed by atoms with Gasteiger partial charge in [0.25, 0.3) is 11.5 Å². The number of carbonyl (C=O) groups excluding carboxylic acids is 1. The zero-order valence-electron chi connectivity index (χ0n) is 17.9. The highest BCUT2D eigenvalue weighted by atomic mass is 19.1. The molecule has 0 N–H and O–H groups in total. The van der Waals surface area contributed by atoms with E-state index in [1.807, 2.05) is 41.3 Å². The second-order valence-corrected chi connectivity index (χ2v) is 7.94. The summed E-state index contributed by atoms with van der Waals surface area (Å²) >= 11 is 0. The topological polar surface area (TPSA) is 71.3 Å². The summed E-state index contributed by atoms with van der Waals surface area (Å²) in [5.74, 6) is -0.160. The first-order valence-corrected chi connectivity index (χ1v) is 10.8. The number of pyridine rings is 1. The molecule has 2 aromatic carbocycles. The largest absolute Gasteiger partial charge is 0.348 e. The van der Waals surface area contributed by atoms with Crippen LogP contribution in [0.15, 0.2) is 77.7 Å². The van der Waals surface area contributed by atoms with Gasteiger partial charge in [-0.1, -0.05) is 30.3 Å². The molecule has 1 aliphatic rings. The summed E-state index contributed by atoms with van der Waals surface area (Å²) in [6, 6.07) is 19.0. The minimum atomic E-state index is -0.375. The second-order valence-electron chi connectivity index (χ2n) is 7.94.